The number of rotatable bonds is 4. The second-order valence-corrected chi connectivity index (χ2v) is 9.12. The summed E-state index contributed by atoms with van der Waals surface area (Å²) in [4.78, 5) is 12.7. The number of benzene rings is 3. The van der Waals surface area contributed by atoms with Gasteiger partial charge in [-0.25, -0.2) is 12.7 Å². The lowest BCUT2D eigenvalue weighted by Crippen LogP contribution is -2.23. The van der Waals surface area contributed by atoms with Crippen molar-refractivity contribution in [2.24, 2.45) is 0 Å². The Morgan fingerprint density at radius 3 is 2.37 bits per heavy atom. The molecule has 0 radical (unpaired) electrons. The molecule has 3 aromatic carbocycles. The summed E-state index contributed by atoms with van der Waals surface area (Å²) in [6.45, 7) is 1.86. The van der Waals surface area contributed by atoms with E-state index in [-0.39, 0.29) is 22.0 Å². The summed E-state index contributed by atoms with van der Waals surface area (Å²) >= 11 is 0. The zero-order chi connectivity index (χ0) is 21.5. The Labute approximate surface area is 174 Å². The molecule has 154 valence electrons. The van der Waals surface area contributed by atoms with Crippen LogP contribution in [0.5, 0.6) is 23.0 Å². The van der Waals surface area contributed by atoms with Crippen molar-refractivity contribution in [3.05, 3.63) is 71.8 Å². The summed E-state index contributed by atoms with van der Waals surface area (Å²) < 4.78 is 39.0. The van der Waals surface area contributed by atoms with Gasteiger partial charge in [0.15, 0.2) is 11.5 Å². The van der Waals surface area contributed by atoms with E-state index in [9.17, 15) is 13.2 Å². The number of carbonyl (C=O) groups excluding carboxylic acids is 1. The molecule has 0 bridgehead atoms. The minimum absolute atomic E-state index is 0.0731. The molecule has 0 spiro atoms. The first-order valence-electron chi connectivity index (χ1n) is 9.19. The first kappa shape index (κ1) is 19.9. The number of nitrogens with one attached hydrogen (secondary N) is 1. The first-order valence-corrected chi connectivity index (χ1v) is 10.6. The van der Waals surface area contributed by atoms with Crippen LogP contribution in [-0.4, -0.2) is 32.7 Å². The molecule has 0 unspecified atom stereocenters. The number of hydrogen-bond donors (Lipinski definition) is 1. The topological polar surface area (TPSA) is 84.9 Å². The number of aryl methyl sites for hydroxylation is 1. The fourth-order valence-electron chi connectivity index (χ4n) is 3.04. The fourth-order valence-corrected chi connectivity index (χ4v) is 4.05. The van der Waals surface area contributed by atoms with Crippen LogP contribution in [0.25, 0.3) is 0 Å². The van der Waals surface area contributed by atoms with Crippen molar-refractivity contribution < 1.29 is 22.7 Å². The molecule has 1 N–H and O–H groups in total. The van der Waals surface area contributed by atoms with Crippen LogP contribution < -0.4 is 14.8 Å². The van der Waals surface area contributed by atoms with Gasteiger partial charge in [0, 0.05) is 20.2 Å². The van der Waals surface area contributed by atoms with Gasteiger partial charge in [-0.3, -0.25) is 4.79 Å². The Morgan fingerprint density at radius 1 is 0.933 bits per heavy atom. The SMILES string of the molecule is Cc1ccccc1Oc1cc2c(cc1S(=O)(=O)N(C)C)C(=O)Nc1ccccc1O2. The monoisotopic (exact) mass is 424 g/mol. The molecular weight excluding hydrogens is 404 g/mol. The van der Waals surface area contributed by atoms with E-state index in [1.807, 2.05) is 19.1 Å². The number of anilines is 1. The van der Waals surface area contributed by atoms with Crippen molar-refractivity contribution in [3.63, 3.8) is 0 Å². The zero-order valence-electron chi connectivity index (χ0n) is 16.7. The molecule has 3 aromatic rings. The van der Waals surface area contributed by atoms with Gasteiger partial charge in [-0.05, 0) is 36.8 Å². The Kier molecular flexibility index (Phi) is 4.97. The minimum atomic E-state index is -3.90. The van der Waals surface area contributed by atoms with Gasteiger partial charge in [-0.2, -0.15) is 0 Å². The number of fused-ring (bicyclic) bond motifs is 2. The summed E-state index contributed by atoms with van der Waals surface area (Å²) in [5, 5.41) is 2.75. The quantitative estimate of drug-likeness (QED) is 0.671. The molecule has 0 aliphatic carbocycles. The molecule has 0 atom stereocenters. The maximum absolute atomic E-state index is 13.0. The van der Waals surface area contributed by atoms with Gasteiger partial charge in [0.25, 0.3) is 5.91 Å². The summed E-state index contributed by atoms with van der Waals surface area (Å²) in [6, 6.07) is 17.0. The van der Waals surface area contributed by atoms with Crippen molar-refractivity contribution in [2.75, 3.05) is 19.4 Å². The summed E-state index contributed by atoms with van der Waals surface area (Å²) in [5.74, 6) is 0.774. The molecule has 0 fully saturated rings. The minimum Gasteiger partial charge on any atom is -0.456 e. The Morgan fingerprint density at radius 2 is 1.63 bits per heavy atom. The van der Waals surface area contributed by atoms with Gasteiger partial charge in [-0.1, -0.05) is 30.3 Å². The number of carbonyl (C=O) groups is 1. The van der Waals surface area contributed by atoms with E-state index in [1.54, 1.807) is 36.4 Å². The molecule has 30 heavy (non-hydrogen) atoms. The molecular formula is C22H20N2O5S. The van der Waals surface area contributed by atoms with E-state index in [1.165, 1.54) is 26.2 Å². The largest absolute Gasteiger partial charge is 0.456 e. The van der Waals surface area contributed by atoms with Crippen LogP contribution in [0.2, 0.25) is 0 Å². The second kappa shape index (κ2) is 7.47. The number of sulfonamides is 1. The number of hydrogen-bond acceptors (Lipinski definition) is 5. The normalized spacial score (nSPS) is 13.0. The first-order chi connectivity index (χ1) is 14.3. The zero-order valence-corrected chi connectivity index (χ0v) is 17.5. The van der Waals surface area contributed by atoms with Crippen molar-refractivity contribution in [3.8, 4) is 23.0 Å². The van der Waals surface area contributed by atoms with Gasteiger partial charge < -0.3 is 14.8 Å². The Hall–Kier alpha value is -3.36. The third-order valence-electron chi connectivity index (χ3n) is 4.72. The number of ether oxygens (including phenoxy) is 2. The predicted octanol–water partition coefficient (Wildman–Crippen LogP) is 4.40. The van der Waals surface area contributed by atoms with E-state index in [4.69, 9.17) is 9.47 Å². The Balaban J connectivity index is 1.92. The van der Waals surface area contributed by atoms with E-state index in [0.717, 1.165) is 9.87 Å². The summed E-state index contributed by atoms with van der Waals surface area (Å²) in [5.41, 5.74) is 1.44. The molecule has 1 aliphatic rings. The maximum Gasteiger partial charge on any atom is 0.259 e. The lowest BCUT2D eigenvalue weighted by atomic mass is 10.1. The molecule has 4 rings (SSSR count). The van der Waals surface area contributed by atoms with Gasteiger partial charge in [0.2, 0.25) is 10.0 Å². The van der Waals surface area contributed by atoms with E-state index >= 15 is 0 Å². The summed E-state index contributed by atoms with van der Waals surface area (Å²) in [6.07, 6.45) is 0. The molecule has 8 heteroatoms. The van der Waals surface area contributed by atoms with E-state index < -0.39 is 15.9 Å². The van der Waals surface area contributed by atoms with Crippen LogP contribution in [0.4, 0.5) is 5.69 Å². The average molecular weight is 424 g/mol. The standard InChI is InChI=1S/C22H20N2O5S/c1-14-8-4-6-10-17(14)28-20-13-19-15(12-21(20)30(26,27)24(2)3)22(25)23-16-9-5-7-11-18(16)29-19/h4-13H,1-3H3,(H,23,25). The molecule has 0 saturated carbocycles. The number of para-hydroxylation sites is 3. The molecule has 0 aromatic heterocycles. The molecule has 0 saturated heterocycles. The smallest absolute Gasteiger partial charge is 0.259 e. The van der Waals surface area contributed by atoms with Crippen molar-refractivity contribution >= 4 is 21.6 Å². The van der Waals surface area contributed by atoms with Crippen LogP contribution in [0.1, 0.15) is 15.9 Å². The lowest BCUT2D eigenvalue weighted by Gasteiger charge is -2.18. The molecule has 1 heterocycles. The van der Waals surface area contributed by atoms with Gasteiger partial charge >= 0.3 is 0 Å². The highest BCUT2D eigenvalue weighted by atomic mass is 32.2. The van der Waals surface area contributed by atoms with Gasteiger partial charge in [0.05, 0.1) is 11.3 Å². The van der Waals surface area contributed by atoms with Crippen LogP contribution in [-0.2, 0) is 10.0 Å². The third kappa shape index (κ3) is 3.51. The number of nitrogens with zero attached hydrogens (tertiary/aromatic N) is 1. The van der Waals surface area contributed by atoms with Crippen LogP contribution in [0.3, 0.4) is 0 Å². The fraction of sp³-hybridized carbons (Fsp3) is 0.136. The number of amides is 1. The third-order valence-corrected chi connectivity index (χ3v) is 6.55. The molecule has 7 nitrogen and oxygen atoms in total. The van der Waals surface area contributed by atoms with Crippen molar-refractivity contribution in [1.29, 1.82) is 0 Å². The van der Waals surface area contributed by atoms with E-state index in [2.05, 4.69) is 5.32 Å². The second-order valence-electron chi connectivity index (χ2n) is 7.00. The highest BCUT2D eigenvalue weighted by Crippen LogP contribution is 2.42. The van der Waals surface area contributed by atoms with Gasteiger partial charge in [0.1, 0.15) is 16.4 Å². The Bertz CT molecular complexity index is 1250. The van der Waals surface area contributed by atoms with Crippen LogP contribution in [0, 0.1) is 6.92 Å². The average Bonchev–Trinajstić information content (AvgIpc) is 2.84. The lowest BCUT2D eigenvalue weighted by molar-refractivity contribution is 0.102. The summed E-state index contributed by atoms with van der Waals surface area (Å²) in [7, 11) is -1.06. The van der Waals surface area contributed by atoms with Crippen molar-refractivity contribution in [2.45, 2.75) is 11.8 Å². The maximum atomic E-state index is 13.0. The molecule has 1 amide bonds. The van der Waals surface area contributed by atoms with Crippen LogP contribution in [0.15, 0.2) is 65.6 Å². The predicted molar refractivity (Wildman–Crippen MR) is 113 cm³/mol. The van der Waals surface area contributed by atoms with Crippen LogP contribution >= 0.6 is 0 Å². The van der Waals surface area contributed by atoms with E-state index in [0.29, 0.717) is 17.2 Å². The van der Waals surface area contributed by atoms with Crippen molar-refractivity contribution in [1.82, 2.24) is 4.31 Å². The molecule has 1 aliphatic heterocycles. The van der Waals surface area contributed by atoms with Gasteiger partial charge in [-0.15, -0.1) is 0 Å². The highest BCUT2D eigenvalue weighted by molar-refractivity contribution is 7.89. The highest BCUT2D eigenvalue weighted by Gasteiger charge is 2.29.